The number of carbonyl (C=O) groups excluding carboxylic acids is 1. The molecule has 0 saturated heterocycles. The minimum atomic E-state index is 0.212. The van der Waals surface area contributed by atoms with E-state index in [1.165, 1.54) is 0 Å². The summed E-state index contributed by atoms with van der Waals surface area (Å²) in [7, 11) is 0. The summed E-state index contributed by atoms with van der Waals surface area (Å²) in [5, 5.41) is 0. The maximum absolute atomic E-state index is 11.9. The van der Waals surface area contributed by atoms with Crippen molar-refractivity contribution >= 4 is 5.78 Å². The molecule has 88 valence electrons. The number of hydrogen-bond acceptors (Lipinski definition) is 2. The van der Waals surface area contributed by atoms with Crippen LogP contribution in [0.5, 0.6) is 0 Å². The minimum Gasteiger partial charge on any atom is -0.328 e. The van der Waals surface area contributed by atoms with Crippen molar-refractivity contribution in [1.82, 2.24) is 9.55 Å². The lowest BCUT2D eigenvalue weighted by Crippen LogP contribution is -2.14. The molecule has 3 heteroatoms. The van der Waals surface area contributed by atoms with E-state index in [0.717, 1.165) is 17.8 Å². The molecule has 0 N–H and O–H groups in total. The van der Waals surface area contributed by atoms with Crippen molar-refractivity contribution < 1.29 is 4.79 Å². The average Bonchev–Trinajstić information content (AvgIpc) is 2.77. The van der Waals surface area contributed by atoms with Crippen LogP contribution in [0.15, 0.2) is 42.7 Å². The number of benzene rings is 1. The van der Waals surface area contributed by atoms with Crippen LogP contribution in [0.1, 0.15) is 18.3 Å². The van der Waals surface area contributed by atoms with E-state index in [1.807, 2.05) is 48.0 Å². The van der Waals surface area contributed by atoms with Crippen molar-refractivity contribution in [2.75, 3.05) is 0 Å². The Hall–Kier alpha value is -1.90. The molecule has 0 aliphatic heterocycles. The van der Waals surface area contributed by atoms with Crippen LogP contribution in [0.3, 0.4) is 0 Å². The summed E-state index contributed by atoms with van der Waals surface area (Å²) < 4.78 is 1.92. The van der Waals surface area contributed by atoms with Gasteiger partial charge in [0.05, 0.1) is 6.54 Å². The minimum absolute atomic E-state index is 0.212. The van der Waals surface area contributed by atoms with Crippen molar-refractivity contribution in [2.24, 2.45) is 0 Å². The Morgan fingerprint density at radius 3 is 2.76 bits per heavy atom. The fourth-order valence-electron chi connectivity index (χ4n) is 1.87. The van der Waals surface area contributed by atoms with Crippen molar-refractivity contribution in [2.45, 2.75) is 26.3 Å². The zero-order valence-electron chi connectivity index (χ0n) is 9.97. The maximum Gasteiger partial charge on any atom is 0.156 e. The first-order valence-electron chi connectivity index (χ1n) is 5.85. The third-order valence-electron chi connectivity index (χ3n) is 2.71. The maximum atomic E-state index is 11.9. The molecule has 0 aliphatic carbocycles. The van der Waals surface area contributed by atoms with Crippen molar-refractivity contribution in [3.63, 3.8) is 0 Å². The molecule has 3 nitrogen and oxygen atoms in total. The largest absolute Gasteiger partial charge is 0.328 e. The molecule has 0 spiro atoms. The predicted molar refractivity (Wildman–Crippen MR) is 66.8 cm³/mol. The van der Waals surface area contributed by atoms with Crippen LogP contribution in [0.25, 0.3) is 0 Å². The number of aryl methyl sites for hydroxylation is 1. The van der Waals surface area contributed by atoms with E-state index >= 15 is 0 Å². The predicted octanol–water partition coefficient (Wildman–Crippen LogP) is 2.26. The van der Waals surface area contributed by atoms with E-state index in [4.69, 9.17) is 0 Å². The van der Waals surface area contributed by atoms with Crippen LogP contribution in [0.4, 0.5) is 0 Å². The third kappa shape index (κ3) is 3.03. The second kappa shape index (κ2) is 5.43. The molecule has 0 radical (unpaired) electrons. The molecule has 0 unspecified atom stereocenters. The lowest BCUT2D eigenvalue weighted by molar-refractivity contribution is -0.119. The van der Waals surface area contributed by atoms with Gasteiger partial charge < -0.3 is 4.57 Å². The molecule has 0 saturated carbocycles. The Labute approximate surface area is 101 Å². The van der Waals surface area contributed by atoms with Crippen LogP contribution < -0.4 is 0 Å². The summed E-state index contributed by atoms with van der Waals surface area (Å²) in [5.74, 6) is 1.18. The topological polar surface area (TPSA) is 34.9 Å². The normalized spacial score (nSPS) is 10.4. The van der Waals surface area contributed by atoms with Crippen molar-refractivity contribution in [1.29, 1.82) is 0 Å². The Kier molecular flexibility index (Phi) is 3.70. The van der Waals surface area contributed by atoms with Crippen molar-refractivity contribution in [3.8, 4) is 0 Å². The van der Waals surface area contributed by atoms with Gasteiger partial charge in [-0.15, -0.1) is 0 Å². The summed E-state index contributed by atoms with van der Waals surface area (Å²) in [6.45, 7) is 2.46. The van der Waals surface area contributed by atoms with Gasteiger partial charge in [-0.25, -0.2) is 4.98 Å². The molecule has 0 bridgehead atoms. The van der Waals surface area contributed by atoms with Gasteiger partial charge in [-0.05, 0) is 5.56 Å². The van der Waals surface area contributed by atoms with Gasteiger partial charge in [0.1, 0.15) is 5.82 Å². The highest BCUT2D eigenvalue weighted by Gasteiger charge is 2.07. The van der Waals surface area contributed by atoms with Gasteiger partial charge in [-0.3, -0.25) is 4.79 Å². The van der Waals surface area contributed by atoms with Gasteiger partial charge in [-0.2, -0.15) is 0 Å². The monoisotopic (exact) mass is 228 g/mol. The standard InChI is InChI=1S/C14H16N2O/c1-2-14-15-8-9-16(14)11-13(17)10-12-6-4-3-5-7-12/h3-9H,2,10-11H2,1H3. The molecule has 1 heterocycles. The Morgan fingerprint density at radius 2 is 2.06 bits per heavy atom. The fourth-order valence-corrected chi connectivity index (χ4v) is 1.87. The number of rotatable bonds is 5. The summed E-state index contributed by atoms with van der Waals surface area (Å²) in [4.78, 5) is 16.1. The second-order valence-corrected chi connectivity index (χ2v) is 4.03. The molecule has 17 heavy (non-hydrogen) atoms. The smallest absolute Gasteiger partial charge is 0.156 e. The highest BCUT2D eigenvalue weighted by molar-refractivity contribution is 5.80. The number of hydrogen-bond donors (Lipinski definition) is 0. The quantitative estimate of drug-likeness (QED) is 0.786. The molecule has 1 aromatic heterocycles. The molecular formula is C14H16N2O. The Balaban J connectivity index is 1.98. The van der Waals surface area contributed by atoms with Gasteiger partial charge in [0, 0.05) is 25.2 Å². The van der Waals surface area contributed by atoms with Gasteiger partial charge in [-0.1, -0.05) is 37.3 Å². The Bertz CT molecular complexity index is 488. The first kappa shape index (κ1) is 11.6. The summed E-state index contributed by atoms with van der Waals surface area (Å²) in [6.07, 6.45) is 4.95. The van der Waals surface area contributed by atoms with Gasteiger partial charge in [0.2, 0.25) is 0 Å². The molecule has 2 aromatic rings. The lowest BCUT2D eigenvalue weighted by Gasteiger charge is -2.05. The highest BCUT2D eigenvalue weighted by atomic mass is 16.1. The first-order chi connectivity index (χ1) is 8.29. The number of ketones is 1. The van der Waals surface area contributed by atoms with E-state index in [2.05, 4.69) is 4.98 Å². The lowest BCUT2D eigenvalue weighted by atomic mass is 10.1. The third-order valence-corrected chi connectivity index (χ3v) is 2.71. The average molecular weight is 228 g/mol. The van der Waals surface area contributed by atoms with Crippen LogP contribution in [-0.2, 0) is 24.2 Å². The second-order valence-electron chi connectivity index (χ2n) is 4.03. The molecule has 2 rings (SSSR count). The molecule has 0 amide bonds. The van der Waals surface area contributed by atoms with E-state index < -0.39 is 0 Å². The van der Waals surface area contributed by atoms with Gasteiger partial charge in [0.15, 0.2) is 5.78 Å². The summed E-state index contributed by atoms with van der Waals surface area (Å²) in [6, 6.07) is 9.83. The number of Topliss-reactive ketones (excluding diaryl/α,β-unsaturated/α-hetero) is 1. The number of imidazole rings is 1. The summed E-state index contributed by atoms with van der Waals surface area (Å²) >= 11 is 0. The van der Waals surface area contributed by atoms with E-state index in [0.29, 0.717) is 13.0 Å². The SMILES string of the molecule is CCc1nccn1CC(=O)Cc1ccccc1. The number of aromatic nitrogens is 2. The summed E-state index contributed by atoms with van der Waals surface area (Å²) in [5.41, 5.74) is 1.07. The zero-order chi connectivity index (χ0) is 12.1. The van der Waals surface area contributed by atoms with E-state index in [9.17, 15) is 4.79 Å². The number of carbonyl (C=O) groups is 1. The fraction of sp³-hybridized carbons (Fsp3) is 0.286. The van der Waals surface area contributed by atoms with Gasteiger partial charge in [0.25, 0.3) is 0 Å². The molecule has 0 aliphatic rings. The Morgan fingerprint density at radius 1 is 1.29 bits per heavy atom. The zero-order valence-corrected chi connectivity index (χ0v) is 9.97. The molecule has 0 atom stereocenters. The van der Waals surface area contributed by atoms with Crippen LogP contribution in [0.2, 0.25) is 0 Å². The van der Waals surface area contributed by atoms with Crippen LogP contribution >= 0.6 is 0 Å². The van der Waals surface area contributed by atoms with Crippen molar-refractivity contribution in [3.05, 3.63) is 54.1 Å². The van der Waals surface area contributed by atoms with E-state index in [-0.39, 0.29) is 5.78 Å². The molecule has 1 aromatic carbocycles. The molecular weight excluding hydrogens is 212 g/mol. The number of nitrogens with zero attached hydrogens (tertiary/aromatic N) is 2. The van der Waals surface area contributed by atoms with Crippen LogP contribution in [0, 0.1) is 0 Å². The highest BCUT2D eigenvalue weighted by Crippen LogP contribution is 2.03. The van der Waals surface area contributed by atoms with Crippen LogP contribution in [-0.4, -0.2) is 15.3 Å². The van der Waals surface area contributed by atoms with Gasteiger partial charge >= 0.3 is 0 Å². The first-order valence-corrected chi connectivity index (χ1v) is 5.85. The molecule has 0 fully saturated rings. The van der Waals surface area contributed by atoms with E-state index in [1.54, 1.807) is 6.20 Å².